The van der Waals surface area contributed by atoms with E-state index in [1.54, 1.807) is 6.20 Å². The van der Waals surface area contributed by atoms with Gasteiger partial charge in [0, 0.05) is 41.1 Å². The number of anilines is 1. The molecule has 13 nitrogen and oxygen atoms in total. The van der Waals surface area contributed by atoms with Crippen molar-refractivity contribution in [3.63, 3.8) is 0 Å². The number of amides is 2. The lowest BCUT2D eigenvalue weighted by Crippen LogP contribution is -2.71. The van der Waals surface area contributed by atoms with Crippen molar-refractivity contribution >= 4 is 51.9 Å². The third kappa shape index (κ3) is 5.17. The van der Waals surface area contributed by atoms with E-state index in [0.717, 1.165) is 22.0 Å². The maximum absolute atomic E-state index is 13.0. The fourth-order valence-electron chi connectivity index (χ4n) is 3.94. The summed E-state index contributed by atoms with van der Waals surface area (Å²) in [6.07, 6.45) is 4.98. The molecular formula is C21H23N7O6S2. The number of fused-ring (bicyclic) bond motifs is 1. The van der Waals surface area contributed by atoms with Crippen molar-refractivity contribution in [3.8, 4) is 0 Å². The average Bonchev–Trinajstić information content (AvgIpc) is 3.29. The molecule has 4 N–H and O–H groups in total. The van der Waals surface area contributed by atoms with Crippen molar-refractivity contribution in [2.45, 2.75) is 30.8 Å². The van der Waals surface area contributed by atoms with Gasteiger partial charge >= 0.3 is 0 Å². The minimum Gasteiger partial charge on any atom is -0.543 e. The summed E-state index contributed by atoms with van der Waals surface area (Å²) >= 11 is 2.20. The Morgan fingerprint density at radius 2 is 2.28 bits per heavy atom. The first-order valence-electron chi connectivity index (χ1n) is 10.8. The molecule has 0 saturated carbocycles. The highest BCUT2D eigenvalue weighted by atomic mass is 32.2. The van der Waals surface area contributed by atoms with Gasteiger partial charge in [-0.05, 0) is 18.9 Å². The van der Waals surface area contributed by atoms with Gasteiger partial charge in [0.05, 0.1) is 11.7 Å². The molecule has 2 aromatic rings. The van der Waals surface area contributed by atoms with Gasteiger partial charge < -0.3 is 30.9 Å². The lowest BCUT2D eigenvalue weighted by Gasteiger charge is -2.50. The van der Waals surface area contributed by atoms with Crippen molar-refractivity contribution in [2.24, 2.45) is 5.16 Å². The molecule has 190 valence electrons. The number of nitrogens with two attached hydrogens (primary N) is 1. The lowest BCUT2D eigenvalue weighted by atomic mass is 10.0. The molecule has 1 unspecified atom stereocenters. The number of nitrogens with zero attached hydrogens (tertiary/aromatic N) is 5. The van der Waals surface area contributed by atoms with Gasteiger partial charge in [0.2, 0.25) is 11.5 Å². The summed E-state index contributed by atoms with van der Waals surface area (Å²) in [5.41, 5.74) is 6.64. The predicted molar refractivity (Wildman–Crippen MR) is 127 cm³/mol. The zero-order valence-corrected chi connectivity index (χ0v) is 20.8. The van der Waals surface area contributed by atoms with Crippen LogP contribution in [-0.4, -0.2) is 73.7 Å². The van der Waals surface area contributed by atoms with Crippen LogP contribution in [0.15, 0.2) is 41.0 Å². The number of rotatable bonds is 10. The van der Waals surface area contributed by atoms with Gasteiger partial charge in [-0.2, -0.15) is 9.36 Å². The average molecular weight is 534 g/mol. The van der Waals surface area contributed by atoms with Gasteiger partial charge in [0.25, 0.3) is 11.8 Å². The largest absolute Gasteiger partial charge is 0.543 e. The smallest absolute Gasteiger partial charge is 0.278 e. The zero-order chi connectivity index (χ0) is 25.8. The Morgan fingerprint density at radius 3 is 2.94 bits per heavy atom. The molecule has 0 radical (unpaired) electrons. The zero-order valence-electron chi connectivity index (χ0n) is 19.1. The van der Waals surface area contributed by atoms with E-state index in [0.29, 0.717) is 24.2 Å². The Balaban J connectivity index is 1.51. The van der Waals surface area contributed by atoms with Crippen molar-refractivity contribution in [1.29, 1.82) is 0 Å². The number of nitrogen functional groups attached to an aromatic ring is 1. The van der Waals surface area contributed by atoms with Crippen molar-refractivity contribution in [3.05, 3.63) is 47.2 Å². The highest BCUT2D eigenvalue weighted by Crippen LogP contribution is 2.40. The van der Waals surface area contributed by atoms with E-state index in [9.17, 15) is 19.5 Å². The molecule has 2 aliphatic rings. The molecule has 0 aromatic carbocycles. The number of aromatic nitrogens is 3. The maximum Gasteiger partial charge on any atom is 0.278 e. The van der Waals surface area contributed by atoms with Crippen molar-refractivity contribution in [2.75, 3.05) is 25.2 Å². The summed E-state index contributed by atoms with van der Waals surface area (Å²) < 4.78 is 5.77. The van der Waals surface area contributed by atoms with E-state index in [4.69, 9.17) is 15.7 Å². The van der Waals surface area contributed by atoms with Gasteiger partial charge in [-0.3, -0.25) is 14.5 Å². The number of carbonyl (C=O) groups excluding carboxylic acids is 3. The van der Waals surface area contributed by atoms with Crippen molar-refractivity contribution in [1.82, 2.24) is 19.6 Å². The number of aryl methyl sites for hydroxylation is 1. The maximum atomic E-state index is 13.0. The summed E-state index contributed by atoms with van der Waals surface area (Å²) in [6, 6.07) is 2.79. The van der Waals surface area contributed by atoms with Crippen LogP contribution < -0.4 is 20.7 Å². The summed E-state index contributed by atoms with van der Waals surface area (Å²) in [4.78, 5) is 47.6. The summed E-state index contributed by atoms with van der Waals surface area (Å²) in [5, 5.41) is 26.8. The number of β-lactam (4-membered cyclic amide) rings is 1. The summed E-state index contributed by atoms with van der Waals surface area (Å²) in [6.45, 7) is 0.327. The highest BCUT2D eigenvalue weighted by molar-refractivity contribution is 8.00. The molecule has 1 fully saturated rings. The second-order valence-electron chi connectivity index (χ2n) is 7.89. The second-order valence-corrected chi connectivity index (χ2v) is 9.78. The van der Waals surface area contributed by atoms with Crippen LogP contribution >= 0.6 is 23.3 Å². The summed E-state index contributed by atoms with van der Waals surface area (Å²) in [7, 11) is 1.25. The normalized spacial score (nSPS) is 19.6. The number of nitrogens with one attached hydrogen (secondary N) is 1. The van der Waals surface area contributed by atoms with Gasteiger partial charge in [0.1, 0.15) is 18.5 Å². The molecule has 2 amide bonds. The van der Waals surface area contributed by atoms with Crippen LogP contribution in [0.3, 0.4) is 0 Å². The first-order valence-corrected chi connectivity index (χ1v) is 12.6. The predicted octanol–water partition coefficient (Wildman–Crippen LogP) is -2.21. The minimum atomic E-state index is -1.46. The quantitative estimate of drug-likeness (QED) is 0.131. The van der Waals surface area contributed by atoms with E-state index in [2.05, 4.69) is 19.8 Å². The first-order chi connectivity index (χ1) is 17.3. The fraction of sp³-hybridized carbons (Fsp3) is 0.381. The number of aliphatic hydroxyl groups excluding tert-OH is 1. The van der Waals surface area contributed by atoms with E-state index in [-0.39, 0.29) is 35.5 Å². The molecule has 2 aliphatic heterocycles. The van der Waals surface area contributed by atoms with Crippen LogP contribution in [0.4, 0.5) is 5.13 Å². The molecule has 4 rings (SSSR count). The number of hydrogen-bond donors (Lipinski definition) is 3. The van der Waals surface area contributed by atoms with Crippen LogP contribution in [0, 0.1) is 0 Å². The third-order valence-corrected chi connectivity index (χ3v) is 7.38. The number of oxime groups is 1. The number of hydrogen-bond acceptors (Lipinski definition) is 12. The molecule has 1 saturated heterocycles. The van der Waals surface area contributed by atoms with Crippen LogP contribution in [0.2, 0.25) is 0 Å². The molecule has 4 heterocycles. The Morgan fingerprint density at radius 1 is 1.47 bits per heavy atom. The summed E-state index contributed by atoms with van der Waals surface area (Å²) in [5.74, 6) is -2.53. The standard InChI is InChI=1S/C21H23N7O6S2/c1-34-25-13(16-24-21(22)36-26-16)17(30)23-14-18(31)28-15(20(32)33)12(10-35-19(14)28)9-27-6-2-4-11(8-27)5-3-7-29/h2,4,6,8,14,19,29H,3,5,7,9-10H2,1H3,(H3-,22,23,24,26,30,32,33)/t14?,19-/m1/s1. The Bertz CT molecular complexity index is 1250. The van der Waals surface area contributed by atoms with Crippen LogP contribution in [0.25, 0.3) is 0 Å². The Kier molecular flexibility index (Phi) is 7.81. The number of aliphatic carboxylic acids is 1. The molecule has 15 heteroatoms. The molecule has 0 bridgehead atoms. The Labute approximate surface area is 213 Å². The van der Waals surface area contributed by atoms with E-state index < -0.39 is 29.2 Å². The molecular weight excluding hydrogens is 510 g/mol. The number of carbonyl (C=O) groups is 3. The fourth-order valence-corrected chi connectivity index (χ4v) is 5.71. The third-order valence-electron chi connectivity index (χ3n) is 5.49. The number of aliphatic hydroxyl groups is 1. The van der Waals surface area contributed by atoms with Crippen LogP contribution in [-0.2, 0) is 32.2 Å². The van der Waals surface area contributed by atoms with Gasteiger partial charge in [-0.15, -0.1) is 11.8 Å². The lowest BCUT2D eigenvalue weighted by molar-refractivity contribution is -0.689. The SMILES string of the molecule is CON=C(C(=O)NC1C(=O)N2C(C(=O)[O-])=C(C[n+]3cccc(CCCO)c3)CS[C@H]12)c1nsc(N)n1. The Hall–Kier alpha value is -3.56. The number of thioether (sulfide) groups is 1. The van der Waals surface area contributed by atoms with E-state index in [1.807, 2.05) is 22.9 Å². The number of pyridine rings is 1. The van der Waals surface area contributed by atoms with E-state index >= 15 is 0 Å². The number of carboxylic acid groups (broad SMARTS) is 1. The molecule has 0 aliphatic carbocycles. The molecule has 0 spiro atoms. The van der Waals surface area contributed by atoms with Gasteiger partial charge in [0.15, 0.2) is 24.1 Å². The first kappa shape index (κ1) is 25.5. The number of carboxylic acids is 1. The second kappa shape index (κ2) is 11.0. The van der Waals surface area contributed by atoms with Crippen LogP contribution in [0.1, 0.15) is 17.8 Å². The van der Waals surface area contributed by atoms with Gasteiger partial charge in [-0.1, -0.05) is 5.16 Å². The highest BCUT2D eigenvalue weighted by Gasteiger charge is 2.53. The molecule has 36 heavy (non-hydrogen) atoms. The van der Waals surface area contributed by atoms with Crippen LogP contribution in [0.5, 0.6) is 0 Å². The minimum absolute atomic E-state index is 0.0485. The topological polar surface area (TPSA) is 187 Å². The molecule has 2 aromatic heterocycles. The van der Waals surface area contributed by atoms with Gasteiger partial charge in [-0.25, -0.2) is 4.57 Å². The monoisotopic (exact) mass is 533 g/mol. The molecule has 2 atom stereocenters. The van der Waals surface area contributed by atoms with Crippen molar-refractivity contribution < 1.29 is 34.0 Å². The van der Waals surface area contributed by atoms with E-state index in [1.165, 1.54) is 18.9 Å².